The summed E-state index contributed by atoms with van der Waals surface area (Å²) >= 11 is 0. The molecule has 1 aliphatic rings. The van der Waals surface area contributed by atoms with Gasteiger partial charge in [0.25, 0.3) is 0 Å². The molecule has 104 valence electrons. The fourth-order valence-electron chi connectivity index (χ4n) is 2.27. The minimum atomic E-state index is -3.97. The van der Waals surface area contributed by atoms with Crippen LogP contribution in [0.2, 0.25) is 0 Å². The zero-order valence-corrected chi connectivity index (χ0v) is 11.2. The lowest BCUT2D eigenvalue weighted by molar-refractivity contribution is -0.140. The quantitative estimate of drug-likeness (QED) is 0.911. The Labute approximate surface area is 110 Å². The molecule has 2 rings (SSSR count). The molecule has 5 nitrogen and oxygen atoms in total. The summed E-state index contributed by atoms with van der Waals surface area (Å²) in [5.41, 5.74) is 0.0125. The van der Waals surface area contributed by atoms with Gasteiger partial charge in [-0.05, 0) is 31.9 Å². The van der Waals surface area contributed by atoms with Crippen molar-refractivity contribution in [2.24, 2.45) is 0 Å². The van der Waals surface area contributed by atoms with Crippen molar-refractivity contribution < 1.29 is 22.7 Å². The van der Waals surface area contributed by atoms with Gasteiger partial charge in [-0.2, -0.15) is 4.31 Å². The molecule has 1 heterocycles. The van der Waals surface area contributed by atoms with Crippen LogP contribution in [0.1, 0.15) is 18.4 Å². The Hall–Kier alpha value is -1.47. The van der Waals surface area contributed by atoms with Crippen molar-refractivity contribution in [3.05, 3.63) is 29.6 Å². The number of carbonyl (C=O) groups is 1. The van der Waals surface area contributed by atoms with Gasteiger partial charge in [0, 0.05) is 12.1 Å². The molecule has 19 heavy (non-hydrogen) atoms. The summed E-state index contributed by atoms with van der Waals surface area (Å²) in [7, 11) is -3.97. The van der Waals surface area contributed by atoms with E-state index in [1.807, 2.05) is 0 Å². The number of carboxylic acid groups (broad SMARTS) is 1. The molecule has 1 aromatic rings. The second kappa shape index (κ2) is 4.90. The lowest BCUT2D eigenvalue weighted by Gasteiger charge is -2.22. The number of halogens is 1. The molecule has 0 saturated carbocycles. The average Bonchev–Trinajstić information content (AvgIpc) is 2.82. The topological polar surface area (TPSA) is 74.7 Å². The van der Waals surface area contributed by atoms with Crippen LogP contribution in [0.15, 0.2) is 23.1 Å². The first-order valence-electron chi connectivity index (χ1n) is 5.85. The van der Waals surface area contributed by atoms with Crippen molar-refractivity contribution in [2.45, 2.75) is 30.7 Å². The first kappa shape index (κ1) is 14.0. The molecular formula is C12H14FNO4S. The molecule has 1 unspecified atom stereocenters. The third-order valence-corrected chi connectivity index (χ3v) is 5.35. The van der Waals surface area contributed by atoms with Gasteiger partial charge in [0.05, 0.1) is 4.90 Å². The predicted molar refractivity (Wildman–Crippen MR) is 65.7 cm³/mol. The molecule has 0 radical (unpaired) electrons. The summed E-state index contributed by atoms with van der Waals surface area (Å²) in [6.45, 7) is 1.52. The third-order valence-electron chi connectivity index (χ3n) is 3.29. The number of benzene rings is 1. The van der Waals surface area contributed by atoms with Crippen molar-refractivity contribution in [3.8, 4) is 0 Å². The summed E-state index contributed by atoms with van der Waals surface area (Å²) in [5.74, 6) is -1.79. The van der Waals surface area contributed by atoms with E-state index in [-0.39, 0.29) is 23.4 Å². The van der Waals surface area contributed by atoms with E-state index in [4.69, 9.17) is 5.11 Å². The summed E-state index contributed by atoms with van der Waals surface area (Å²) in [4.78, 5) is 10.9. The standard InChI is InChI=1S/C12H14FNO4S/c1-8-9(13)4-2-6-11(8)19(17,18)14-7-3-5-10(14)12(15)16/h2,4,6,10H,3,5,7H2,1H3,(H,15,16). The first-order valence-corrected chi connectivity index (χ1v) is 7.29. The van der Waals surface area contributed by atoms with Crippen molar-refractivity contribution in [2.75, 3.05) is 6.54 Å². The lowest BCUT2D eigenvalue weighted by atomic mass is 10.2. The van der Waals surface area contributed by atoms with Crippen molar-refractivity contribution in [3.63, 3.8) is 0 Å². The van der Waals surface area contributed by atoms with Gasteiger partial charge in [-0.25, -0.2) is 12.8 Å². The summed E-state index contributed by atoms with van der Waals surface area (Å²) < 4.78 is 39.2. The van der Waals surface area contributed by atoms with Crippen molar-refractivity contribution in [1.82, 2.24) is 4.31 Å². The first-order chi connectivity index (χ1) is 8.85. The van der Waals surface area contributed by atoms with Crippen LogP contribution in [0.3, 0.4) is 0 Å². The summed E-state index contributed by atoms with van der Waals surface area (Å²) in [6, 6.07) is 2.71. The second-order valence-electron chi connectivity index (χ2n) is 4.47. The SMILES string of the molecule is Cc1c(F)cccc1S(=O)(=O)N1CCCC1C(=O)O. The molecule has 0 aliphatic carbocycles. The minimum Gasteiger partial charge on any atom is -0.480 e. The van der Waals surface area contributed by atoms with E-state index in [2.05, 4.69) is 0 Å². The highest BCUT2D eigenvalue weighted by atomic mass is 32.2. The number of sulfonamides is 1. The Morgan fingerprint density at radius 2 is 2.16 bits per heavy atom. The fourth-order valence-corrected chi connectivity index (χ4v) is 4.16. The highest BCUT2D eigenvalue weighted by Gasteiger charge is 2.40. The highest BCUT2D eigenvalue weighted by Crippen LogP contribution is 2.28. The van der Waals surface area contributed by atoms with E-state index < -0.39 is 27.9 Å². The van der Waals surface area contributed by atoms with Crippen LogP contribution in [0.25, 0.3) is 0 Å². The molecule has 1 fully saturated rings. The fraction of sp³-hybridized carbons (Fsp3) is 0.417. The zero-order chi connectivity index (χ0) is 14.2. The molecule has 0 aromatic heterocycles. The van der Waals surface area contributed by atoms with Crippen LogP contribution in [-0.2, 0) is 14.8 Å². The van der Waals surface area contributed by atoms with Gasteiger partial charge in [0.15, 0.2) is 0 Å². The average molecular weight is 287 g/mol. The molecular weight excluding hydrogens is 273 g/mol. The monoisotopic (exact) mass is 287 g/mol. The number of hydrogen-bond acceptors (Lipinski definition) is 3. The van der Waals surface area contributed by atoms with E-state index in [9.17, 15) is 17.6 Å². The van der Waals surface area contributed by atoms with Crippen molar-refractivity contribution >= 4 is 16.0 Å². The van der Waals surface area contributed by atoms with Crippen LogP contribution in [0.5, 0.6) is 0 Å². The van der Waals surface area contributed by atoms with E-state index in [0.29, 0.717) is 6.42 Å². The van der Waals surface area contributed by atoms with Gasteiger partial charge < -0.3 is 5.11 Å². The Morgan fingerprint density at radius 3 is 2.79 bits per heavy atom. The molecule has 1 aromatic carbocycles. The maximum Gasteiger partial charge on any atom is 0.322 e. The number of hydrogen-bond donors (Lipinski definition) is 1. The molecule has 1 saturated heterocycles. The third kappa shape index (κ3) is 2.35. The minimum absolute atomic E-state index is 0.0125. The maximum absolute atomic E-state index is 13.5. The van der Waals surface area contributed by atoms with Gasteiger partial charge in [-0.15, -0.1) is 0 Å². The Kier molecular flexibility index (Phi) is 3.60. The van der Waals surface area contributed by atoms with E-state index >= 15 is 0 Å². The van der Waals surface area contributed by atoms with E-state index in [0.717, 1.165) is 4.31 Å². The van der Waals surface area contributed by atoms with Gasteiger partial charge >= 0.3 is 5.97 Å². The smallest absolute Gasteiger partial charge is 0.322 e. The Balaban J connectivity index is 2.48. The van der Waals surface area contributed by atoms with Gasteiger partial charge in [0.1, 0.15) is 11.9 Å². The van der Waals surface area contributed by atoms with Gasteiger partial charge in [-0.1, -0.05) is 6.07 Å². The number of rotatable bonds is 3. The van der Waals surface area contributed by atoms with Crippen LogP contribution >= 0.6 is 0 Å². The Morgan fingerprint density at radius 1 is 1.47 bits per heavy atom. The van der Waals surface area contributed by atoms with Crippen LogP contribution in [0.4, 0.5) is 4.39 Å². The zero-order valence-electron chi connectivity index (χ0n) is 10.3. The van der Waals surface area contributed by atoms with E-state index in [1.54, 1.807) is 0 Å². The van der Waals surface area contributed by atoms with Gasteiger partial charge in [0.2, 0.25) is 10.0 Å². The summed E-state index contributed by atoms with van der Waals surface area (Å²) in [6.07, 6.45) is 0.771. The molecule has 0 spiro atoms. The maximum atomic E-state index is 13.5. The van der Waals surface area contributed by atoms with Gasteiger partial charge in [-0.3, -0.25) is 4.79 Å². The molecule has 1 atom stereocenters. The molecule has 1 N–H and O–H groups in total. The molecule has 0 bridgehead atoms. The van der Waals surface area contributed by atoms with E-state index in [1.165, 1.54) is 25.1 Å². The largest absolute Gasteiger partial charge is 0.480 e. The lowest BCUT2D eigenvalue weighted by Crippen LogP contribution is -2.40. The summed E-state index contributed by atoms with van der Waals surface area (Å²) in [5, 5.41) is 9.04. The number of aliphatic carboxylic acids is 1. The molecule has 7 heteroatoms. The second-order valence-corrected chi connectivity index (χ2v) is 6.33. The Bertz CT molecular complexity index is 614. The van der Waals surface area contributed by atoms with Crippen LogP contribution in [-0.4, -0.2) is 36.4 Å². The predicted octanol–water partition coefficient (Wildman–Crippen LogP) is 1.37. The molecule has 1 aliphatic heterocycles. The number of nitrogens with zero attached hydrogens (tertiary/aromatic N) is 1. The molecule has 0 amide bonds. The van der Waals surface area contributed by atoms with Crippen molar-refractivity contribution in [1.29, 1.82) is 0 Å². The highest BCUT2D eigenvalue weighted by molar-refractivity contribution is 7.89. The number of carboxylic acids is 1. The van der Waals surface area contributed by atoms with Crippen LogP contribution < -0.4 is 0 Å². The van der Waals surface area contributed by atoms with Crippen LogP contribution in [0, 0.1) is 12.7 Å². The normalized spacial score (nSPS) is 20.6.